The maximum Gasteiger partial charge on any atom is 0.262 e. The van der Waals surface area contributed by atoms with E-state index in [1.165, 1.54) is 6.92 Å². The fraction of sp³-hybridized carbons (Fsp3) is 0.400. The molecule has 0 N–H and O–H groups in total. The Morgan fingerprint density at radius 1 is 1.05 bits per heavy atom. The second-order valence-electron chi connectivity index (χ2n) is 5.91. The van der Waals surface area contributed by atoms with Crippen LogP contribution < -0.4 is 0 Å². The maximum atomic E-state index is 12.4. The quantitative estimate of drug-likeness (QED) is 0.766. The molecule has 100 valence electrons. The molecule has 1 heterocycles. The van der Waals surface area contributed by atoms with E-state index in [1.54, 1.807) is 24.3 Å². The predicted octanol–water partition coefficient (Wildman–Crippen LogP) is 2.29. The van der Waals surface area contributed by atoms with Gasteiger partial charge in [0.05, 0.1) is 11.1 Å². The third-order valence-corrected chi connectivity index (χ3v) is 3.29. The van der Waals surface area contributed by atoms with E-state index in [0.717, 1.165) is 4.90 Å². The first kappa shape index (κ1) is 13.5. The number of imide groups is 1. The number of rotatable bonds is 2. The molecule has 1 atom stereocenters. The van der Waals surface area contributed by atoms with Crippen LogP contribution >= 0.6 is 0 Å². The van der Waals surface area contributed by atoms with Crippen molar-refractivity contribution in [2.75, 3.05) is 0 Å². The minimum atomic E-state index is -0.736. The minimum Gasteiger partial charge on any atom is -0.298 e. The number of Topliss-reactive ketones (excluding diaryl/α,β-unsaturated/α-hetero) is 1. The average Bonchev–Trinajstić information content (AvgIpc) is 2.53. The minimum absolute atomic E-state index is 0.179. The molecular weight excluding hydrogens is 242 g/mol. The van der Waals surface area contributed by atoms with Crippen LogP contribution in [0.3, 0.4) is 0 Å². The average molecular weight is 259 g/mol. The van der Waals surface area contributed by atoms with Crippen LogP contribution in [-0.2, 0) is 4.79 Å². The molecule has 2 rings (SSSR count). The van der Waals surface area contributed by atoms with Gasteiger partial charge in [0.1, 0.15) is 6.04 Å². The number of benzene rings is 1. The van der Waals surface area contributed by atoms with Crippen LogP contribution in [-0.4, -0.2) is 28.5 Å². The van der Waals surface area contributed by atoms with Crippen LogP contribution in [0.2, 0.25) is 0 Å². The summed E-state index contributed by atoms with van der Waals surface area (Å²) in [5.74, 6) is -0.937. The van der Waals surface area contributed by atoms with Crippen molar-refractivity contribution < 1.29 is 14.4 Å². The number of hydrogen-bond acceptors (Lipinski definition) is 3. The molecule has 0 spiro atoms. The smallest absolute Gasteiger partial charge is 0.262 e. The molecule has 0 aromatic heterocycles. The Hall–Kier alpha value is -1.97. The molecule has 2 amide bonds. The van der Waals surface area contributed by atoms with Gasteiger partial charge in [-0.2, -0.15) is 0 Å². The van der Waals surface area contributed by atoms with Crippen molar-refractivity contribution in [1.29, 1.82) is 0 Å². The highest BCUT2D eigenvalue weighted by molar-refractivity contribution is 6.22. The third kappa shape index (κ3) is 2.07. The van der Waals surface area contributed by atoms with Crippen LogP contribution in [0.1, 0.15) is 48.4 Å². The van der Waals surface area contributed by atoms with Gasteiger partial charge in [-0.15, -0.1) is 0 Å². The molecule has 0 radical (unpaired) electrons. The highest BCUT2D eigenvalue weighted by atomic mass is 16.2. The second kappa shape index (κ2) is 4.30. The van der Waals surface area contributed by atoms with Gasteiger partial charge in [0.25, 0.3) is 11.8 Å². The largest absolute Gasteiger partial charge is 0.298 e. The summed E-state index contributed by atoms with van der Waals surface area (Å²) in [6.45, 7) is 6.97. The highest BCUT2D eigenvalue weighted by Gasteiger charge is 2.45. The SMILES string of the molecule is CC(=O)C(N1C(=O)c2ccccc2C1=O)C(C)(C)C. The van der Waals surface area contributed by atoms with Crippen LogP contribution in [0.4, 0.5) is 0 Å². The van der Waals surface area contributed by atoms with Crippen molar-refractivity contribution in [3.05, 3.63) is 35.4 Å². The lowest BCUT2D eigenvalue weighted by molar-refractivity contribution is -0.123. The van der Waals surface area contributed by atoms with E-state index >= 15 is 0 Å². The topological polar surface area (TPSA) is 54.5 Å². The standard InChI is InChI=1S/C15H17NO3/c1-9(17)12(15(2,3)4)16-13(18)10-7-5-6-8-11(10)14(16)19/h5-8,12H,1-4H3. The monoisotopic (exact) mass is 259 g/mol. The second-order valence-corrected chi connectivity index (χ2v) is 5.91. The van der Waals surface area contributed by atoms with E-state index in [0.29, 0.717) is 11.1 Å². The summed E-state index contributed by atoms with van der Waals surface area (Å²) in [7, 11) is 0. The lowest BCUT2D eigenvalue weighted by atomic mass is 9.83. The molecule has 1 aromatic rings. The fourth-order valence-electron chi connectivity index (χ4n) is 2.62. The molecular formula is C15H17NO3. The molecule has 0 saturated carbocycles. The van der Waals surface area contributed by atoms with Crippen molar-refractivity contribution in [3.63, 3.8) is 0 Å². The van der Waals surface area contributed by atoms with Gasteiger partial charge in [-0.05, 0) is 24.5 Å². The molecule has 1 unspecified atom stereocenters. The zero-order valence-corrected chi connectivity index (χ0v) is 11.6. The Balaban J connectivity index is 2.52. The Bertz CT molecular complexity index is 534. The van der Waals surface area contributed by atoms with Crippen LogP contribution in [0.25, 0.3) is 0 Å². The first-order valence-corrected chi connectivity index (χ1v) is 6.22. The van der Waals surface area contributed by atoms with Gasteiger partial charge >= 0.3 is 0 Å². The van der Waals surface area contributed by atoms with E-state index in [4.69, 9.17) is 0 Å². The van der Waals surface area contributed by atoms with Gasteiger partial charge in [-0.3, -0.25) is 19.3 Å². The van der Waals surface area contributed by atoms with E-state index in [1.807, 2.05) is 20.8 Å². The van der Waals surface area contributed by atoms with Gasteiger partial charge in [-0.1, -0.05) is 32.9 Å². The van der Waals surface area contributed by atoms with Gasteiger partial charge < -0.3 is 0 Å². The Morgan fingerprint density at radius 2 is 1.47 bits per heavy atom. The zero-order valence-electron chi connectivity index (χ0n) is 11.6. The molecule has 4 nitrogen and oxygen atoms in total. The Morgan fingerprint density at radius 3 is 1.79 bits per heavy atom. The Kier molecular flexibility index (Phi) is 3.04. The molecule has 1 aromatic carbocycles. The summed E-state index contributed by atoms with van der Waals surface area (Å²) < 4.78 is 0. The number of nitrogens with zero attached hydrogens (tertiary/aromatic N) is 1. The summed E-state index contributed by atoms with van der Waals surface area (Å²) in [5, 5.41) is 0. The van der Waals surface area contributed by atoms with Gasteiger partial charge in [0.15, 0.2) is 5.78 Å². The molecule has 1 aliphatic heterocycles. The van der Waals surface area contributed by atoms with Crippen LogP contribution in [0.5, 0.6) is 0 Å². The van der Waals surface area contributed by atoms with Crippen molar-refractivity contribution >= 4 is 17.6 Å². The molecule has 0 aliphatic carbocycles. The van der Waals surface area contributed by atoms with E-state index in [2.05, 4.69) is 0 Å². The van der Waals surface area contributed by atoms with Crippen molar-refractivity contribution in [1.82, 2.24) is 4.90 Å². The first-order valence-electron chi connectivity index (χ1n) is 6.22. The number of carbonyl (C=O) groups excluding carboxylic acids is 3. The number of carbonyl (C=O) groups is 3. The highest BCUT2D eigenvalue weighted by Crippen LogP contribution is 2.32. The molecule has 19 heavy (non-hydrogen) atoms. The van der Waals surface area contributed by atoms with E-state index < -0.39 is 11.5 Å². The summed E-state index contributed by atoms with van der Waals surface area (Å²) in [6.07, 6.45) is 0. The third-order valence-electron chi connectivity index (χ3n) is 3.29. The summed E-state index contributed by atoms with van der Waals surface area (Å²) in [6, 6.07) is 5.94. The lowest BCUT2D eigenvalue weighted by Gasteiger charge is -2.34. The van der Waals surface area contributed by atoms with Crippen molar-refractivity contribution in [2.45, 2.75) is 33.7 Å². The predicted molar refractivity (Wildman–Crippen MR) is 70.9 cm³/mol. The molecule has 4 heteroatoms. The fourth-order valence-corrected chi connectivity index (χ4v) is 2.62. The Labute approximate surface area is 112 Å². The molecule has 0 saturated heterocycles. The van der Waals surface area contributed by atoms with Crippen molar-refractivity contribution in [2.24, 2.45) is 5.41 Å². The molecule has 1 aliphatic rings. The lowest BCUT2D eigenvalue weighted by Crippen LogP contribution is -2.51. The maximum absolute atomic E-state index is 12.4. The number of hydrogen-bond donors (Lipinski definition) is 0. The van der Waals surface area contributed by atoms with Gasteiger partial charge in [0.2, 0.25) is 0 Å². The van der Waals surface area contributed by atoms with E-state index in [9.17, 15) is 14.4 Å². The van der Waals surface area contributed by atoms with E-state index in [-0.39, 0.29) is 17.6 Å². The number of fused-ring (bicyclic) bond motifs is 1. The van der Waals surface area contributed by atoms with Gasteiger partial charge in [-0.25, -0.2) is 0 Å². The summed E-state index contributed by atoms with van der Waals surface area (Å²) in [4.78, 5) is 37.7. The summed E-state index contributed by atoms with van der Waals surface area (Å²) >= 11 is 0. The number of ketones is 1. The first-order chi connectivity index (χ1) is 8.75. The van der Waals surface area contributed by atoms with Crippen LogP contribution in [0.15, 0.2) is 24.3 Å². The van der Waals surface area contributed by atoms with Gasteiger partial charge in [0, 0.05) is 0 Å². The molecule has 0 bridgehead atoms. The molecule has 0 fully saturated rings. The van der Waals surface area contributed by atoms with Crippen molar-refractivity contribution in [3.8, 4) is 0 Å². The summed E-state index contributed by atoms with van der Waals surface area (Å²) in [5.41, 5.74) is 0.269. The normalized spacial score (nSPS) is 16.5. The zero-order chi connectivity index (χ0) is 14.4. The van der Waals surface area contributed by atoms with Crippen LogP contribution in [0, 0.1) is 5.41 Å². The number of amides is 2.